The Bertz CT molecular complexity index is 779. The third kappa shape index (κ3) is 3.01. The molecule has 2 N–H and O–H groups in total. The van der Waals surface area contributed by atoms with Crippen LogP contribution in [0.5, 0.6) is 11.5 Å². The Balaban J connectivity index is 2.04. The fraction of sp³-hybridized carbons (Fsp3) is 0.312. The quantitative estimate of drug-likeness (QED) is 0.850. The molecule has 128 valence electrons. The topological polar surface area (TPSA) is 57.4 Å². The number of benzene rings is 1. The van der Waals surface area contributed by atoms with Gasteiger partial charge in [-0.05, 0) is 36.8 Å². The molecule has 4 nitrogen and oxygen atoms in total. The SMILES string of the molecule is Cc1ccc2c(n1)C(N)(c1ccc(OC(F)(F)F)c(F)c1)CCO2. The first-order valence-corrected chi connectivity index (χ1v) is 7.15. The molecule has 0 spiro atoms. The van der Waals surface area contributed by atoms with Crippen LogP contribution in [0.1, 0.15) is 23.4 Å². The van der Waals surface area contributed by atoms with Gasteiger partial charge in [-0.2, -0.15) is 0 Å². The van der Waals surface area contributed by atoms with Crippen molar-refractivity contribution in [3.05, 3.63) is 53.1 Å². The third-order valence-electron chi connectivity index (χ3n) is 3.85. The minimum atomic E-state index is -4.97. The summed E-state index contributed by atoms with van der Waals surface area (Å²) in [6, 6.07) is 6.64. The molecule has 1 aliphatic heterocycles. The molecule has 24 heavy (non-hydrogen) atoms. The summed E-state index contributed by atoms with van der Waals surface area (Å²) in [4.78, 5) is 4.37. The highest BCUT2D eigenvalue weighted by Crippen LogP contribution is 2.40. The van der Waals surface area contributed by atoms with Gasteiger partial charge in [0.15, 0.2) is 11.6 Å². The fourth-order valence-electron chi connectivity index (χ4n) is 2.69. The maximum absolute atomic E-state index is 14.0. The Kier molecular flexibility index (Phi) is 3.87. The maximum Gasteiger partial charge on any atom is 0.573 e. The normalized spacial score (nSPS) is 20.2. The Morgan fingerprint density at radius 1 is 1.25 bits per heavy atom. The number of hydrogen-bond acceptors (Lipinski definition) is 4. The van der Waals surface area contributed by atoms with E-state index in [1.165, 1.54) is 6.07 Å². The van der Waals surface area contributed by atoms with Crippen molar-refractivity contribution in [2.75, 3.05) is 6.61 Å². The molecule has 1 unspecified atom stereocenters. The van der Waals surface area contributed by atoms with E-state index in [4.69, 9.17) is 10.5 Å². The molecular formula is C16H14F4N2O2. The Hall–Kier alpha value is -2.35. The molecule has 1 atom stereocenters. The number of pyridine rings is 1. The lowest BCUT2D eigenvalue weighted by Gasteiger charge is -2.35. The molecular weight excluding hydrogens is 328 g/mol. The number of rotatable bonds is 2. The van der Waals surface area contributed by atoms with Crippen molar-refractivity contribution in [3.63, 3.8) is 0 Å². The van der Waals surface area contributed by atoms with E-state index in [9.17, 15) is 17.6 Å². The van der Waals surface area contributed by atoms with E-state index in [-0.39, 0.29) is 6.61 Å². The summed E-state index contributed by atoms with van der Waals surface area (Å²) in [7, 11) is 0. The molecule has 0 saturated carbocycles. The van der Waals surface area contributed by atoms with E-state index in [0.717, 1.165) is 12.1 Å². The van der Waals surface area contributed by atoms with Crippen LogP contribution >= 0.6 is 0 Å². The summed E-state index contributed by atoms with van der Waals surface area (Å²) < 4.78 is 59.9. The molecule has 3 rings (SSSR count). The van der Waals surface area contributed by atoms with Crippen LogP contribution in [0.2, 0.25) is 0 Å². The number of aryl methyl sites for hydroxylation is 1. The van der Waals surface area contributed by atoms with Crippen LogP contribution in [-0.2, 0) is 5.54 Å². The van der Waals surface area contributed by atoms with Gasteiger partial charge in [0.2, 0.25) is 0 Å². The van der Waals surface area contributed by atoms with Crippen molar-refractivity contribution < 1.29 is 27.0 Å². The van der Waals surface area contributed by atoms with E-state index in [1.54, 1.807) is 19.1 Å². The van der Waals surface area contributed by atoms with Crippen LogP contribution in [0.15, 0.2) is 30.3 Å². The van der Waals surface area contributed by atoms with Gasteiger partial charge in [-0.15, -0.1) is 13.2 Å². The highest BCUT2D eigenvalue weighted by Gasteiger charge is 2.39. The largest absolute Gasteiger partial charge is 0.573 e. The van der Waals surface area contributed by atoms with Crippen molar-refractivity contribution >= 4 is 0 Å². The number of hydrogen-bond donors (Lipinski definition) is 1. The Morgan fingerprint density at radius 2 is 2.00 bits per heavy atom. The molecule has 8 heteroatoms. The second kappa shape index (κ2) is 5.62. The molecule has 0 fully saturated rings. The Labute approximate surface area is 135 Å². The van der Waals surface area contributed by atoms with Crippen LogP contribution in [0.4, 0.5) is 17.6 Å². The Morgan fingerprint density at radius 3 is 2.67 bits per heavy atom. The average molecular weight is 342 g/mol. The van der Waals surface area contributed by atoms with Crippen molar-refractivity contribution in [1.82, 2.24) is 4.98 Å². The van der Waals surface area contributed by atoms with Gasteiger partial charge in [0.1, 0.15) is 11.4 Å². The van der Waals surface area contributed by atoms with Crippen molar-refractivity contribution in [2.24, 2.45) is 5.73 Å². The summed E-state index contributed by atoms with van der Waals surface area (Å²) in [5.74, 6) is -1.57. The second-order valence-electron chi connectivity index (χ2n) is 5.56. The number of ether oxygens (including phenoxy) is 2. The number of halogens is 4. The zero-order valence-electron chi connectivity index (χ0n) is 12.7. The summed E-state index contributed by atoms with van der Waals surface area (Å²) in [5.41, 5.74) is 6.71. The number of alkyl halides is 3. The van der Waals surface area contributed by atoms with Gasteiger partial charge in [-0.3, -0.25) is 4.98 Å². The molecule has 0 radical (unpaired) electrons. The molecule has 1 aromatic carbocycles. The minimum absolute atomic E-state index is 0.288. The predicted octanol–water partition coefficient (Wildman–Crippen LogP) is 3.41. The van der Waals surface area contributed by atoms with E-state index in [2.05, 4.69) is 9.72 Å². The number of nitrogens with zero attached hydrogens (tertiary/aromatic N) is 1. The van der Waals surface area contributed by atoms with Crippen LogP contribution in [-0.4, -0.2) is 18.0 Å². The lowest BCUT2D eigenvalue weighted by Crippen LogP contribution is -2.43. The maximum atomic E-state index is 14.0. The molecule has 0 aliphatic carbocycles. The number of aromatic nitrogens is 1. The van der Waals surface area contributed by atoms with E-state index >= 15 is 0 Å². The molecule has 1 aromatic heterocycles. The number of nitrogens with two attached hydrogens (primary N) is 1. The van der Waals surface area contributed by atoms with Crippen molar-refractivity contribution in [1.29, 1.82) is 0 Å². The fourth-order valence-corrected chi connectivity index (χ4v) is 2.69. The first kappa shape index (κ1) is 16.5. The van der Waals surface area contributed by atoms with Gasteiger partial charge >= 0.3 is 6.36 Å². The highest BCUT2D eigenvalue weighted by atomic mass is 19.4. The summed E-state index contributed by atoms with van der Waals surface area (Å²) in [6.45, 7) is 2.06. The average Bonchev–Trinajstić information content (AvgIpc) is 2.49. The molecule has 0 bridgehead atoms. The smallest absolute Gasteiger partial charge is 0.491 e. The molecule has 0 saturated heterocycles. The van der Waals surface area contributed by atoms with Crippen LogP contribution in [0.3, 0.4) is 0 Å². The van der Waals surface area contributed by atoms with Crippen molar-refractivity contribution in [2.45, 2.75) is 25.2 Å². The monoisotopic (exact) mass is 342 g/mol. The predicted molar refractivity (Wildman–Crippen MR) is 77.1 cm³/mol. The summed E-state index contributed by atoms with van der Waals surface area (Å²) in [6.07, 6.45) is -4.65. The standard InChI is InChI=1S/C16H14F4N2O2/c1-9-2-4-13-14(22-9)15(21,6-7-23-13)10-3-5-12(11(17)8-10)24-16(18,19)20/h2-5,8H,6-7,21H2,1H3. The van der Waals surface area contributed by atoms with Gasteiger partial charge in [0.25, 0.3) is 0 Å². The van der Waals surface area contributed by atoms with E-state index in [1.807, 2.05) is 0 Å². The van der Waals surface area contributed by atoms with Gasteiger partial charge < -0.3 is 15.2 Å². The van der Waals surface area contributed by atoms with E-state index < -0.39 is 23.5 Å². The molecule has 2 heterocycles. The summed E-state index contributed by atoms with van der Waals surface area (Å²) in [5, 5.41) is 0. The van der Waals surface area contributed by atoms with Crippen molar-refractivity contribution in [3.8, 4) is 11.5 Å². The lowest BCUT2D eigenvalue weighted by molar-refractivity contribution is -0.275. The van der Waals surface area contributed by atoms with Gasteiger partial charge in [-0.25, -0.2) is 4.39 Å². The minimum Gasteiger partial charge on any atom is -0.491 e. The zero-order valence-corrected chi connectivity index (χ0v) is 12.7. The molecule has 1 aliphatic rings. The number of fused-ring (bicyclic) bond motifs is 1. The zero-order chi connectivity index (χ0) is 17.5. The lowest BCUT2D eigenvalue weighted by atomic mass is 9.82. The summed E-state index contributed by atoms with van der Waals surface area (Å²) >= 11 is 0. The second-order valence-corrected chi connectivity index (χ2v) is 5.56. The van der Waals surface area contributed by atoms with Gasteiger partial charge in [0.05, 0.1) is 12.1 Å². The first-order valence-electron chi connectivity index (χ1n) is 7.15. The molecule has 2 aromatic rings. The van der Waals surface area contributed by atoms with Gasteiger partial charge in [0, 0.05) is 12.1 Å². The molecule has 0 amide bonds. The van der Waals surface area contributed by atoms with Crippen LogP contribution in [0, 0.1) is 12.7 Å². The first-order chi connectivity index (χ1) is 11.2. The van der Waals surface area contributed by atoms with Crippen LogP contribution < -0.4 is 15.2 Å². The highest BCUT2D eigenvalue weighted by molar-refractivity contribution is 5.46. The van der Waals surface area contributed by atoms with Gasteiger partial charge in [-0.1, -0.05) is 6.07 Å². The van der Waals surface area contributed by atoms with E-state index in [0.29, 0.717) is 29.1 Å². The third-order valence-corrected chi connectivity index (χ3v) is 3.85. The van der Waals surface area contributed by atoms with Crippen LogP contribution in [0.25, 0.3) is 0 Å².